The van der Waals surface area contributed by atoms with Crippen molar-refractivity contribution in [1.82, 2.24) is 9.97 Å². The molecule has 5 heteroatoms. The predicted octanol–water partition coefficient (Wildman–Crippen LogP) is 2.69. The van der Waals surface area contributed by atoms with Crippen LogP contribution in [0, 0.1) is 6.92 Å². The van der Waals surface area contributed by atoms with Gasteiger partial charge in [0.25, 0.3) is 0 Å². The van der Waals surface area contributed by atoms with E-state index in [1.807, 2.05) is 25.1 Å². The summed E-state index contributed by atoms with van der Waals surface area (Å²) in [5, 5.41) is 12.0. The molecule has 0 saturated carbocycles. The first-order chi connectivity index (χ1) is 12.2. The van der Waals surface area contributed by atoms with Crippen LogP contribution >= 0.6 is 0 Å². The molecule has 0 atom stereocenters. The average molecular weight is 349 g/mol. The Hall–Kier alpha value is -2.95. The van der Waals surface area contributed by atoms with E-state index in [2.05, 4.69) is 30.7 Å². The van der Waals surface area contributed by atoms with E-state index >= 15 is 0 Å². The van der Waals surface area contributed by atoms with E-state index in [0.717, 1.165) is 22.0 Å². The molecule has 0 bridgehead atoms. The normalized spacial score (nSPS) is 11.7. The Labute approximate surface area is 152 Å². The zero-order chi connectivity index (χ0) is 19.1. The molecule has 1 aromatic carbocycles. The first kappa shape index (κ1) is 17.9. The molecule has 0 radical (unpaired) electrons. The van der Waals surface area contributed by atoms with Gasteiger partial charge in [0.15, 0.2) is 0 Å². The van der Waals surface area contributed by atoms with Crippen molar-refractivity contribution in [2.75, 3.05) is 0 Å². The molecule has 0 aliphatic rings. The van der Waals surface area contributed by atoms with Gasteiger partial charge in [0, 0.05) is 29.5 Å². The number of aryl methyl sites for hydroxylation is 1. The quantitative estimate of drug-likeness (QED) is 0.734. The van der Waals surface area contributed by atoms with Gasteiger partial charge in [-0.05, 0) is 53.3 Å². The summed E-state index contributed by atoms with van der Waals surface area (Å²) in [7, 11) is 0. The Bertz CT molecular complexity index is 1010. The van der Waals surface area contributed by atoms with Gasteiger partial charge in [-0.25, -0.2) is 0 Å². The Morgan fingerprint density at radius 3 is 2.50 bits per heavy atom. The zero-order valence-electron chi connectivity index (χ0n) is 15.3. The summed E-state index contributed by atoms with van der Waals surface area (Å²) in [5.74, 6) is -1.54. The van der Waals surface area contributed by atoms with Crippen molar-refractivity contribution in [3.05, 3.63) is 64.6 Å². The number of nitrogens with zero attached hydrogens (tertiary/aromatic N) is 1. The minimum Gasteiger partial charge on any atom is -0.550 e. The number of carbonyl (C=O) groups excluding carboxylic acids is 2. The number of aromatic amines is 1. The molecule has 0 unspecified atom stereocenters. The second kappa shape index (κ2) is 6.41. The highest BCUT2D eigenvalue weighted by molar-refractivity contribution is 6.11. The summed E-state index contributed by atoms with van der Waals surface area (Å²) < 4.78 is 0. The van der Waals surface area contributed by atoms with Crippen molar-refractivity contribution in [1.29, 1.82) is 0 Å². The molecular weight excluding hydrogens is 328 g/mol. The summed E-state index contributed by atoms with van der Waals surface area (Å²) in [6, 6.07) is 9.32. The van der Waals surface area contributed by atoms with Crippen LogP contribution in [0.15, 0.2) is 36.5 Å². The van der Waals surface area contributed by atoms with Crippen LogP contribution < -0.4 is 5.11 Å². The summed E-state index contributed by atoms with van der Waals surface area (Å²) in [6.07, 6.45) is 1.24. The van der Waals surface area contributed by atoms with Gasteiger partial charge in [-0.3, -0.25) is 9.78 Å². The highest BCUT2D eigenvalue weighted by Gasteiger charge is 2.22. The predicted molar refractivity (Wildman–Crippen MR) is 98.1 cm³/mol. The topological polar surface area (TPSA) is 85.9 Å². The Morgan fingerprint density at radius 1 is 1.15 bits per heavy atom. The zero-order valence-corrected chi connectivity index (χ0v) is 15.3. The molecular formula is C21H21N2O3-. The van der Waals surface area contributed by atoms with E-state index in [-0.39, 0.29) is 29.0 Å². The lowest BCUT2D eigenvalue weighted by Gasteiger charge is -2.19. The average Bonchev–Trinajstić information content (AvgIpc) is 2.90. The lowest BCUT2D eigenvalue weighted by molar-refractivity contribution is -0.304. The van der Waals surface area contributed by atoms with Crippen molar-refractivity contribution in [2.45, 2.75) is 39.5 Å². The summed E-state index contributed by atoms with van der Waals surface area (Å²) in [6.45, 7) is 8.13. The number of fused-ring (bicyclic) bond motifs is 1. The van der Waals surface area contributed by atoms with Crippen molar-refractivity contribution in [3.8, 4) is 0 Å². The van der Waals surface area contributed by atoms with Crippen molar-refractivity contribution < 1.29 is 14.7 Å². The molecule has 3 rings (SSSR count). The number of carboxylic acids is 1. The molecule has 26 heavy (non-hydrogen) atoms. The van der Waals surface area contributed by atoms with Crippen LogP contribution in [0.2, 0.25) is 0 Å². The van der Waals surface area contributed by atoms with Crippen LogP contribution in [0.4, 0.5) is 0 Å². The monoisotopic (exact) mass is 349 g/mol. The third kappa shape index (κ3) is 3.38. The minimum absolute atomic E-state index is 0.0908. The first-order valence-electron chi connectivity index (χ1n) is 8.49. The number of pyridine rings is 1. The van der Waals surface area contributed by atoms with Crippen LogP contribution in [0.1, 0.15) is 53.6 Å². The number of carboxylic acid groups (broad SMARTS) is 1. The van der Waals surface area contributed by atoms with E-state index in [4.69, 9.17) is 0 Å². The van der Waals surface area contributed by atoms with Gasteiger partial charge in [0.05, 0.1) is 5.69 Å². The number of ketones is 1. The maximum Gasteiger partial charge on any atom is 0.227 e. The third-order valence-corrected chi connectivity index (χ3v) is 4.47. The second-order valence-corrected chi connectivity index (χ2v) is 7.59. The molecule has 0 spiro atoms. The molecule has 134 valence electrons. The van der Waals surface area contributed by atoms with Crippen LogP contribution in [-0.2, 0) is 16.6 Å². The van der Waals surface area contributed by atoms with Gasteiger partial charge in [0.1, 0.15) is 5.69 Å². The van der Waals surface area contributed by atoms with E-state index in [1.165, 1.54) is 0 Å². The minimum atomic E-state index is -1.22. The lowest BCUT2D eigenvalue weighted by Crippen LogP contribution is -2.25. The van der Waals surface area contributed by atoms with E-state index in [9.17, 15) is 14.7 Å². The van der Waals surface area contributed by atoms with Gasteiger partial charge >= 0.3 is 0 Å². The molecule has 2 aromatic heterocycles. The van der Waals surface area contributed by atoms with Crippen LogP contribution in [0.3, 0.4) is 0 Å². The molecule has 1 N–H and O–H groups in total. The second-order valence-electron chi connectivity index (χ2n) is 7.59. The molecule has 0 aliphatic carbocycles. The number of hydrogen-bond donors (Lipinski definition) is 1. The van der Waals surface area contributed by atoms with Crippen LogP contribution in [-0.4, -0.2) is 21.7 Å². The number of carbonyl (C=O) groups is 2. The Morgan fingerprint density at radius 2 is 1.88 bits per heavy atom. The van der Waals surface area contributed by atoms with E-state index in [0.29, 0.717) is 5.56 Å². The summed E-state index contributed by atoms with van der Waals surface area (Å²) in [5.41, 5.74) is 3.60. The van der Waals surface area contributed by atoms with Crippen LogP contribution in [0.25, 0.3) is 10.9 Å². The molecule has 0 aliphatic heterocycles. The van der Waals surface area contributed by atoms with Crippen LogP contribution in [0.5, 0.6) is 0 Å². The fourth-order valence-corrected chi connectivity index (χ4v) is 3.02. The molecule has 3 aromatic rings. The van der Waals surface area contributed by atoms with Gasteiger partial charge in [0.2, 0.25) is 5.78 Å². The number of hydrogen-bond acceptors (Lipinski definition) is 4. The number of H-pyrrole nitrogens is 1. The number of nitrogens with one attached hydrogen (secondary N) is 1. The summed E-state index contributed by atoms with van der Waals surface area (Å²) in [4.78, 5) is 31.5. The highest BCUT2D eigenvalue weighted by Crippen LogP contribution is 2.30. The molecule has 0 amide bonds. The van der Waals surface area contributed by atoms with Crippen molar-refractivity contribution in [3.63, 3.8) is 0 Å². The maximum absolute atomic E-state index is 12.9. The smallest absolute Gasteiger partial charge is 0.227 e. The number of rotatable bonds is 4. The largest absolute Gasteiger partial charge is 0.550 e. The molecule has 0 fully saturated rings. The lowest BCUT2D eigenvalue weighted by atomic mass is 9.86. The fourth-order valence-electron chi connectivity index (χ4n) is 3.02. The maximum atomic E-state index is 12.9. The van der Waals surface area contributed by atoms with Gasteiger partial charge < -0.3 is 14.9 Å². The standard InChI is InChI=1S/C21H22N2O3/c1-12-7-8-22-17(9-12)20(26)19-15(11-18(24)25)14-10-13(21(2,3)4)5-6-16(14)23-19/h5-10,23H,11H2,1-4H3,(H,24,25)/p-1. The van der Waals surface area contributed by atoms with Crippen molar-refractivity contribution >= 4 is 22.7 Å². The first-order valence-corrected chi connectivity index (χ1v) is 8.49. The Kier molecular flexibility index (Phi) is 4.40. The van der Waals surface area contributed by atoms with Gasteiger partial charge in [-0.15, -0.1) is 0 Å². The van der Waals surface area contributed by atoms with E-state index < -0.39 is 5.97 Å². The van der Waals surface area contributed by atoms with E-state index in [1.54, 1.807) is 18.3 Å². The molecule has 0 saturated heterocycles. The van der Waals surface area contributed by atoms with Crippen molar-refractivity contribution in [2.24, 2.45) is 0 Å². The highest BCUT2D eigenvalue weighted by atomic mass is 16.4. The SMILES string of the molecule is Cc1ccnc(C(=O)c2[nH]c3ccc(C(C)(C)C)cc3c2CC(=O)[O-])c1. The van der Waals surface area contributed by atoms with Gasteiger partial charge in [-0.2, -0.15) is 0 Å². The number of aliphatic carboxylic acids is 1. The Balaban J connectivity index is 2.21. The third-order valence-electron chi connectivity index (χ3n) is 4.47. The number of aromatic nitrogens is 2. The van der Waals surface area contributed by atoms with Gasteiger partial charge in [-0.1, -0.05) is 26.8 Å². The number of benzene rings is 1. The summed E-state index contributed by atoms with van der Waals surface area (Å²) >= 11 is 0. The molecule has 5 nitrogen and oxygen atoms in total. The molecule has 2 heterocycles. The fraction of sp³-hybridized carbons (Fsp3) is 0.286.